The maximum atomic E-state index is 12.0. The Hall–Kier alpha value is -1.87. The largest absolute Gasteiger partial charge is 0.381 e. The van der Waals surface area contributed by atoms with E-state index < -0.39 is 10.0 Å². The summed E-state index contributed by atoms with van der Waals surface area (Å²) in [6, 6.07) is 0. The maximum Gasteiger partial charge on any atom is 0.245 e. The first kappa shape index (κ1) is 13.6. The monoisotopic (exact) mass is 284 g/mol. The molecule has 0 aliphatic rings. The van der Waals surface area contributed by atoms with E-state index in [-0.39, 0.29) is 17.3 Å². The summed E-state index contributed by atoms with van der Waals surface area (Å²) in [5.74, 6) is 0.729. The van der Waals surface area contributed by atoms with Crippen LogP contribution in [0.5, 0.6) is 0 Å². The highest BCUT2D eigenvalue weighted by Crippen LogP contribution is 2.15. The number of nitrogens with one attached hydrogen (secondary N) is 2. The Morgan fingerprint density at radius 2 is 2.32 bits per heavy atom. The van der Waals surface area contributed by atoms with E-state index in [0.717, 1.165) is 5.82 Å². The van der Waals surface area contributed by atoms with Crippen LogP contribution in [0.15, 0.2) is 23.5 Å². The molecule has 0 fully saturated rings. The minimum atomic E-state index is -3.63. The molecule has 19 heavy (non-hydrogen) atoms. The number of sulfonamides is 1. The molecule has 104 valence electrons. The Bertz CT molecular complexity index is 631. The van der Waals surface area contributed by atoms with Crippen molar-refractivity contribution in [2.24, 2.45) is 0 Å². The zero-order valence-electron chi connectivity index (χ0n) is 10.5. The molecular formula is C10H16N6O2S. The number of nitrogens with zero attached hydrogens (tertiary/aromatic N) is 3. The zero-order valence-corrected chi connectivity index (χ0v) is 11.3. The van der Waals surface area contributed by atoms with E-state index in [1.165, 1.54) is 10.9 Å². The fourth-order valence-electron chi connectivity index (χ4n) is 1.60. The van der Waals surface area contributed by atoms with Crippen LogP contribution >= 0.6 is 0 Å². The standard InChI is InChI=1S/C10H16N6O2S/c1-2-16-7-8(10(11)15-16)19(17,18)14-4-3-9-12-5-6-13-9/h5-7,14H,2-4H2,1H3,(H2,11,15)(H,12,13). The molecule has 8 nitrogen and oxygen atoms in total. The van der Waals surface area contributed by atoms with E-state index in [4.69, 9.17) is 5.73 Å². The summed E-state index contributed by atoms with van der Waals surface area (Å²) >= 11 is 0. The molecule has 2 aromatic rings. The smallest absolute Gasteiger partial charge is 0.245 e. The molecule has 0 spiro atoms. The Morgan fingerprint density at radius 1 is 1.53 bits per heavy atom. The lowest BCUT2D eigenvalue weighted by molar-refractivity contribution is 0.580. The number of anilines is 1. The van der Waals surface area contributed by atoms with Crippen molar-refractivity contribution in [3.63, 3.8) is 0 Å². The molecule has 0 aromatic carbocycles. The van der Waals surface area contributed by atoms with Crippen molar-refractivity contribution in [1.82, 2.24) is 24.5 Å². The molecule has 2 aromatic heterocycles. The second kappa shape index (κ2) is 5.41. The predicted octanol–water partition coefficient (Wildman–Crippen LogP) is -0.271. The van der Waals surface area contributed by atoms with E-state index >= 15 is 0 Å². The van der Waals surface area contributed by atoms with Crippen LogP contribution in [0.25, 0.3) is 0 Å². The number of imidazole rings is 1. The molecule has 0 aliphatic heterocycles. The van der Waals surface area contributed by atoms with Crippen LogP contribution in [0, 0.1) is 0 Å². The van der Waals surface area contributed by atoms with Gasteiger partial charge in [0.1, 0.15) is 10.7 Å². The first-order chi connectivity index (χ1) is 9.03. The minimum Gasteiger partial charge on any atom is -0.381 e. The normalized spacial score (nSPS) is 11.8. The number of H-pyrrole nitrogens is 1. The van der Waals surface area contributed by atoms with Gasteiger partial charge in [-0.05, 0) is 6.92 Å². The molecule has 0 unspecified atom stereocenters. The van der Waals surface area contributed by atoms with Gasteiger partial charge < -0.3 is 10.7 Å². The number of hydrogen-bond acceptors (Lipinski definition) is 5. The molecule has 2 rings (SSSR count). The molecule has 0 radical (unpaired) electrons. The summed E-state index contributed by atoms with van der Waals surface area (Å²) in [7, 11) is -3.63. The Kier molecular flexibility index (Phi) is 3.86. The molecular weight excluding hydrogens is 268 g/mol. The van der Waals surface area contributed by atoms with Gasteiger partial charge in [-0.15, -0.1) is 0 Å². The Labute approximate surface area is 111 Å². The quantitative estimate of drug-likeness (QED) is 0.674. The minimum absolute atomic E-state index is 0.00680. The lowest BCUT2D eigenvalue weighted by Gasteiger charge is -2.04. The third-order valence-electron chi connectivity index (χ3n) is 2.58. The lowest BCUT2D eigenvalue weighted by atomic mass is 10.4. The van der Waals surface area contributed by atoms with Crippen LogP contribution in [-0.4, -0.2) is 34.7 Å². The van der Waals surface area contributed by atoms with E-state index in [9.17, 15) is 8.42 Å². The van der Waals surface area contributed by atoms with Gasteiger partial charge in [0.2, 0.25) is 10.0 Å². The van der Waals surface area contributed by atoms with E-state index in [2.05, 4.69) is 19.8 Å². The van der Waals surface area contributed by atoms with Crippen molar-refractivity contribution in [2.45, 2.75) is 24.8 Å². The van der Waals surface area contributed by atoms with Gasteiger partial charge in [0.25, 0.3) is 0 Å². The summed E-state index contributed by atoms with van der Waals surface area (Å²) in [5.41, 5.74) is 5.60. The molecule has 0 aliphatic carbocycles. The van der Waals surface area contributed by atoms with Crippen LogP contribution in [-0.2, 0) is 23.0 Å². The molecule has 4 N–H and O–H groups in total. The molecule has 0 atom stereocenters. The van der Waals surface area contributed by atoms with Crippen LogP contribution in [0.1, 0.15) is 12.7 Å². The average molecular weight is 284 g/mol. The van der Waals surface area contributed by atoms with Crippen molar-refractivity contribution >= 4 is 15.8 Å². The third-order valence-corrected chi connectivity index (χ3v) is 4.05. The van der Waals surface area contributed by atoms with Gasteiger partial charge in [0.05, 0.1) is 0 Å². The first-order valence-electron chi connectivity index (χ1n) is 5.83. The highest BCUT2D eigenvalue weighted by molar-refractivity contribution is 7.89. The van der Waals surface area contributed by atoms with Crippen molar-refractivity contribution in [3.8, 4) is 0 Å². The highest BCUT2D eigenvalue weighted by Gasteiger charge is 2.20. The summed E-state index contributed by atoms with van der Waals surface area (Å²) in [6.45, 7) is 2.66. The fourth-order valence-corrected chi connectivity index (χ4v) is 2.71. The van der Waals surface area contributed by atoms with Crippen molar-refractivity contribution in [1.29, 1.82) is 0 Å². The van der Waals surface area contributed by atoms with E-state index in [1.807, 2.05) is 6.92 Å². The van der Waals surface area contributed by atoms with E-state index in [1.54, 1.807) is 12.4 Å². The number of hydrogen-bond donors (Lipinski definition) is 3. The summed E-state index contributed by atoms with van der Waals surface area (Å²) in [5, 5.41) is 3.91. The molecule has 2 heterocycles. The van der Waals surface area contributed by atoms with Gasteiger partial charge in [-0.2, -0.15) is 5.10 Å². The van der Waals surface area contributed by atoms with Gasteiger partial charge in [-0.3, -0.25) is 4.68 Å². The summed E-state index contributed by atoms with van der Waals surface area (Å²) in [6.07, 6.45) is 5.21. The van der Waals surface area contributed by atoms with Crippen LogP contribution < -0.4 is 10.5 Å². The highest BCUT2D eigenvalue weighted by atomic mass is 32.2. The van der Waals surface area contributed by atoms with E-state index in [0.29, 0.717) is 13.0 Å². The number of rotatable bonds is 6. The lowest BCUT2D eigenvalue weighted by Crippen LogP contribution is -2.26. The topological polar surface area (TPSA) is 119 Å². The molecule has 0 bridgehead atoms. The van der Waals surface area contributed by atoms with Crippen molar-refractivity contribution < 1.29 is 8.42 Å². The number of aromatic amines is 1. The van der Waals surface area contributed by atoms with Crippen molar-refractivity contribution in [2.75, 3.05) is 12.3 Å². The SMILES string of the molecule is CCn1cc(S(=O)(=O)NCCc2ncc[nH]2)c(N)n1. The van der Waals surface area contributed by atoms with Gasteiger partial charge in [-0.25, -0.2) is 18.1 Å². The Balaban J connectivity index is 2.03. The third kappa shape index (κ3) is 3.12. The molecule has 0 saturated carbocycles. The van der Waals surface area contributed by atoms with Gasteiger partial charge in [0, 0.05) is 38.1 Å². The second-order valence-electron chi connectivity index (χ2n) is 3.92. The van der Waals surface area contributed by atoms with Crippen LogP contribution in [0.3, 0.4) is 0 Å². The second-order valence-corrected chi connectivity index (χ2v) is 5.65. The molecule has 9 heteroatoms. The summed E-state index contributed by atoms with van der Waals surface area (Å²) in [4.78, 5) is 6.92. The fraction of sp³-hybridized carbons (Fsp3) is 0.400. The number of nitrogens with two attached hydrogens (primary N) is 1. The Morgan fingerprint density at radius 3 is 2.89 bits per heavy atom. The summed E-state index contributed by atoms with van der Waals surface area (Å²) < 4.78 is 28.0. The average Bonchev–Trinajstić information content (AvgIpc) is 2.98. The maximum absolute atomic E-state index is 12.0. The van der Waals surface area contributed by atoms with Crippen molar-refractivity contribution in [3.05, 3.63) is 24.4 Å². The molecule has 0 amide bonds. The number of aryl methyl sites for hydroxylation is 1. The number of nitrogen functional groups attached to an aromatic ring is 1. The zero-order chi connectivity index (χ0) is 13.9. The molecule has 0 saturated heterocycles. The van der Waals surface area contributed by atoms with Gasteiger partial charge >= 0.3 is 0 Å². The first-order valence-corrected chi connectivity index (χ1v) is 7.32. The van der Waals surface area contributed by atoms with Gasteiger partial charge in [0.15, 0.2) is 5.82 Å². The number of aromatic nitrogens is 4. The van der Waals surface area contributed by atoms with Crippen LogP contribution in [0.2, 0.25) is 0 Å². The van der Waals surface area contributed by atoms with Gasteiger partial charge in [-0.1, -0.05) is 0 Å². The van der Waals surface area contributed by atoms with Crippen LogP contribution in [0.4, 0.5) is 5.82 Å². The predicted molar refractivity (Wildman–Crippen MR) is 69.8 cm³/mol.